The minimum atomic E-state index is 0.499. The van der Waals surface area contributed by atoms with Gasteiger partial charge in [0.05, 0.1) is 6.20 Å². The van der Waals surface area contributed by atoms with E-state index in [1.54, 1.807) is 6.20 Å². The van der Waals surface area contributed by atoms with Crippen molar-refractivity contribution in [2.24, 2.45) is 0 Å². The summed E-state index contributed by atoms with van der Waals surface area (Å²) in [5.41, 5.74) is 3.56. The summed E-state index contributed by atoms with van der Waals surface area (Å²) in [7, 11) is 0. The van der Waals surface area contributed by atoms with Gasteiger partial charge in [-0.3, -0.25) is 0 Å². The van der Waals surface area contributed by atoms with Crippen molar-refractivity contribution in [2.45, 2.75) is 20.0 Å². The fourth-order valence-electron chi connectivity index (χ4n) is 2.24. The van der Waals surface area contributed by atoms with Crippen molar-refractivity contribution in [2.75, 3.05) is 10.6 Å². The minimum absolute atomic E-state index is 0.499. The SMILES string of the molecule is Cc1ccccc1CNc1nncc(NCc2ccc(Cl)cc2)n1. The molecule has 122 valence electrons. The molecule has 0 aliphatic carbocycles. The summed E-state index contributed by atoms with van der Waals surface area (Å²) in [5, 5.41) is 15.2. The number of hydrogen-bond acceptors (Lipinski definition) is 5. The van der Waals surface area contributed by atoms with Crippen molar-refractivity contribution in [1.29, 1.82) is 0 Å². The second-order valence-electron chi connectivity index (χ2n) is 5.43. The van der Waals surface area contributed by atoms with Gasteiger partial charge in [-0.15, -0.1) is 5.10 Å². The molecule has 1 aromatic heterocycles. The third-order valence-corrected chi connectivity index (χ3v) is 3.90. The van der Waals surface area contributed by atoms with E-state index in [2.05, 4.69) is 44.9 Å². The summed E-state index contributed by atoms with van der Waals surface area (Å²) in [4.78, 5) is 4.43. The van der Waals surface area contributed by atoms with Crippen LogP contribution in [0.3, 0.4) is 0 Å². The van der Waals surface area contributed by atoms with Crippen LogP contribution in [0.5, 0.6) is 0 Å². The molecule has 2 N–H and O–H groups in total. The fraction of sp³-hybridized carbons (Fsp3) is 0.167. The number of rotatable bonds is 6. The molecule has 3 rings (SSSR count). The fourth-order valence-corrected chi connectivity index (χ4v) is 2.37. The van der Waals surface area contributed by atoms with E-state index in [9.17, 15) is 0 Å². The molecule has 6 heteroatoms. The van der Waals surface area contributed by atoms with Crippen LogP contribution in [-0.2, 0) is 13.1 Å². The summed E-state index contributed by atoms with van der Waals surface area (Å²) in [6.07, 6.45) is 1.61. The minimum Gasteiger partial charge on any atom is -0.365 e. The highest BCUT2D eigenvalue weighted by Crippen LogP contribution is 2.12. The predicted octanol–water partition coefficient (Wildman–Crippen LogP) is 4.06. The van der Waals surface area contributed by atoms with Gasteiger partial charge in [-0.1, -0.05) is 48.0 Å². The van der Waals surface area contributed by atoms with E-state index in [1.165, 1.54) is 11.1 Å². The Hall–Kier alpha value is -2.66. The van der Waals surface area contributed by atoms with Gasteiger partial charge < -0.3 is 10.6 Å². The zero-order valence-electron chi connectivity index (χ0n) is 13.3. The van der Waals surface area contributed by atoms with Crippen molar-refractivity contribution in [3.63, 3.8) is 0 Å². The molecule has 3 aromatic rings. The number of hydrogen-bond donors (Lipinski definition) is 2. The first kappa shape index (κ1) is 16.2. The molecule has 0 saturated heterocycles. The summed E-state index contributed by atoms with van der Waals surface area (Å²) >= 11 is 5.89. The van der Waals surface area contributed by atoms with E-state index in [0.29, 0.717) is 24.9 Å². The van der Waals surface area contributed by atoms with Gasteiger partial charge in [0.25, 0.3) is 0 Å². The lowest BCUT2D eigenvalue weighted by molar-refractivity contribution is 0.935. The van der Waals surface area contributed by atoms with Gasteiger partial charge in [0.1, 0.15) is 0 Å². The van der Waals surface area contributed by atoms with Crippen LogP contribution in [0.15, 0.2) is 54.7 Å². The zero-order chi connectivity index (χ0) is 16.8. The summed E-state index contributed by atoms with van der Waals surface area (Å²) in [6.45, 7) is 3.39. The molecule has 24 heavy (non-hydrogen) atoms. The Morgan fingerprint density at radius 3 is 2.54 bits per heavy atom. The second-order valence-corrected chi connectivity index (χ2v) is 5.86. The Morgan fingerprint density at radius 1 is 0.958 bits per heavy atom. The van der Waals surface area contributed by atoms with Gasteiger partial charge >= 0.3 is 0 Å². The standard InChI is InChI=1S/C18H18ClN5/c1-13-4-2-3-5-15(13)11-21-18-23-17(12-22-24-18)20-10-14-6-8-16(19)9-7-14/h2-9,12H,10-11H2,1H3,(H2,20,21,23,24). The van der Waals surface area contributed by atoms with E-state index in [1.807, 2.05) is 36.4 Å². The zero-order valence-corrected chi connectivity index (χ0v) is 14.1. The van der Waals surface area contributed by atoms with E-state index in [0.717, 1.165) is 10.6 Å². The lowest BCUT2D eigenvalue weighted by atomic mass is 10.1. The van der Waals surface area contributed by atoms with Gasteiger partial charge in [0.2, 0.25) is 5.95 Å². The molecular weight excluding hydrogens is 322 g/mol. The number of nitrogens with zero attached hydrogens (tertiary/aromatic N) is 3. The highest BCUT2D eigenvalue weighted by atomic mass is 35.5. The van der Waals surface area contributed by atoms with Gasteiger partial charge in [-0.05, 0) is 35.7 Å². The van der Waals surface area contributed by atoms with Crippen LogP contribution < -0.4 is 10.6 Å². The number of anilines is 2. The lowest BCUT2D eigenvalue weighted by Gasteiger charge is -2.09. The topological polar surface area (TPSA) is 62.7 Å². The maximum Gasteiger partial charge on any atom is 0.244 e. The van der Waals surface area contributed by atoms with Crippen molar-refractivity contribution in [3.05, 3.63) is 76.4 Å². The Labute approximate surface area is 146 Å². The van der Waals surface area contributed by atoms with E-state index < -0.39 is 0 Å². The first-order valence-corrected chi connectivity index (χ1v) is 8.05. The van der Waals surface area contributed by atoms with Crippen LogP contribution >= 0.6 is 11.6 Å². The van der Waals surface area contributed by atoms with Crippen molar-refractivity contribution < 1.29 is 0 Å². The molecule has 5 nitrogen and oxygen atoms in total. The van der Waals surface area contributed by atoms with E-state index >= 15 is 0 Å². The maximum atomic E-state index is 5.89. The van der Waals surface area contributed by atoms with Crippen LogP contribution in [0, 0.1) is 6.92 Å². The molecule has 0 spiro atoms. The third kappa shape index (κ3) is 4.43. The van der Waals surface area contributed by atoms with Gasteiger partial charge in [0.15, 0.2) is 5.82 Å². The quantitative estimate of drug-likeness (QED) is 0.709. The second kappa shape index (κ2) is 7.75. The Kier molecular flexibility index (Phi) is 5.23. The third-order valence-electron chi connectivity index (χ3n) is 3.64. The number of nitrogens with one attached hydrogen (secondary N) is 2. The molecule has 0 aliphatic rings. The van der Waals surface area contributed by atoms with Gasteiger partial charge in [-0.2, -0.15) is 10.1 Å². The highest BCUT2D eigenvalue weighted by Gasteiger charge is 2.02. The molecule has 1 heterocycles. The molecule has 0 aliphatic heterocycles. The van der Waals surface area contributed by atoms with Crippen molar-refractivity contribution in [1.82, 2.24) is 15.2 Å². The van der Waals surface area contributed by atoms with Crippen molar-refractivity contribution in [3.8, 4) is 0 Å². The maximum absolute atomic E-state index is 5.89. The van der Waals surface area contributed by atoms with Crippen LogP contribution in [0.25, 0.3) is 0 Å². The average molecular weight is 340 g/mol. The molecule has 0 saturated carbocycles. The largest absolute Gasteiger partial charge is 0.365 e. The van der Waals surface area contributed by atoms with Gasteiger partial charge in [0, 0.05) is 18.1 Å². The smallest absolute Gasteiger partial charge is 0.244 e. The summed E-state index contributed by atoms with van der Waals surface area (Å²) in [6, 6.07) is 15.9. The van der Waals surface area contributed by atoms with E-state index in [-0.39, 0.29) is 0 Å². The molecule has 0 radical (unpaired) electrons. The number of benzene rings is 2. The summed E-state index contributed by atoms with van der Waals surface area (Å²) < 4.78 is 0. The number of aryl methyl sites for hydroxylation is 1. The Bertz CT molecular complexity index is 805. The molecule has 0 amide bonds. The molecule has 0 bridgehead atoms. The summed E-state index contributed by atoms with van der Waals surface area (Å²) in [5.74, 6) is 1.17. The first-order chi connectivity index (χ1) is 11.7. The molecule has 0 atom stereocenters. The lowest BCUT2D eigenvalue weighted by Crippen LogP contribution is -2.08. The first-order valence-electron chi connectivity index (χ1n) is 7.67. The van der Waals surface area contributed by atoms with Crippen LogP contribution in [0.1, 0.15) is 16.7 Å². The molecular formula is C18H18ClN5. The molecule has 0 fully saturated rings. The van der Waals surface area contributed by atoms with Crippen LogP contribution in [0.4, 0.5) is 11.8 Å². The van der Waals surface area contributed by atoms with Gasteiger partial charge in [-0.25, -0.2) is 0 Å². The molecule has 0 unspecified atom stereocenters. The highest BCUT2D eigenvalue weighted by molar-refractivity contribution is 6.30. The normalized spacial score (nSPS) is 10.4. The predicted molar refractivity (Wildman–Crippen MR) is 97.1 cm³/mol. The Morgan fingerprint density at radius 2 is 1.75 bits per heavy atom. The van der Waals surface area contributed by atoms with Crippen molar-refractivity contribution >= 4 is 23.4 Å². The molecule has 2 aromatic carbocycles. The average Bonchev–Trinajstić information content (AvgIpc) is 2.61. The number of aromatic nitrogens is 3. The van der Waals surface area contributed by atoms with E-state index in [4.69, 9.17) is 11.6 Å². The number of halogens is 1. The van der Waals surface area contributed by atoms with Crippen LogP contribution in [0.2, 0.25) is 5.02 Å². The Balaban J connectivity index is 1.59. The van der Waals surface area contributed by atoms with Crippen LogP contribution in [-0.4, -0.2) is 15.2 Å². The monoisotopic (exact) mass is 339 g/mol.